The molecule has 0 unspecified atom stereocenters. The van der Waals surface area contributed by atoms with Crippen LogP contribution in [-0.2, 0) is 4.74 Å². The van der Waals surface area contributed by atoms with E-state index in [0.717, 1.165) is 11.1 Å². The third-order valence-electron chi connectivity index (χ3n) is 2.54. The van der Waals surface area contributed by atoms with Crippen LogP contribution in [0.5, 0.6) is 0 Å². The van der Waals surface area contributed by atoms with Gasteiger partial charge in [0.25, 0.3) is 0 Å². The van der Waals surface area contributed by atoms with Crippen LogP contribution in [-0.4, -0.2) is 12.6 Å². The molecule has 0 saturated carbocycles. The van der Waals surface area contributed by atoms with Crippen molar-refractivity contribution in [2.24, 2.45) is 0 Å². The Bertz CT molecular complexity index is 572. The monoisotopic (exact) mass is 356 g/mol. The molecule has 0 aliphatic rings. The summed E-state index contributed by atoms with van der Waals surface area (Å²) in [6.07, 6.45) is 0. The molecule has 1 aromatic carbocycles. The van der Waals surface area contributed by atoms with Crippen molar-refractivity contribution in [2.75, 3.05) is 6.61 Å². The second kappa shape index (κ2) is 5.56. The number of benzene rings is 1. The van der Waals surface area contributed by atoms with Gasteiger partial charge in [-0.2, -0.15) is 0 Å². The van der Waals surface area contributed by atoms with E-state index in [-0.39, 0.29) is 5.76 Å². The van der Waals surface area contributed by atoms with Crippen LogP contribution in [0.3, 0.4) is 0 Å². The van der Waals surface area contributed by atoms with Gasteiger partial charge in [-0.3, -0.25) is 0 Å². The van der Waals surface area contributed by atoms with Crippen molar-refractivity contribution in [2.45, 2.75) is 13.8 Å². The van der Waals surface area contributed by atoms with Crippen molar-refractivity contribution in [3.63, 3.8) is 0 Å². The lowest BCUT2D eigenvalue weighted by molar-refractivity contribution is 0.0491. The van der Waals surface area contributed by atoms with Gasteiger partial charge in [-0.15, -0.1) is 0 Å². The Balaban J connectivity index is 2.32. The zero-order valence-electron chi connectivity index (χ0n) is 10.2. The molecule has 0 amide bonds. The number of hydrogen-bond acceptors (Lipinski definition) is 3. The van der Waals surface area contributed by atoms with Crippen LogP contribution in [0.4, 0.5) is 0 Å². The van der Waals surface area contributed by atoms with Crippen LogP contribution in [0, 0.1) is 10.5 Å². The topological polar surface area (TPSA) is 39.4 Å². The van der Waals surface area contributed by atoms with E-state index >= 15 is 0 Å². The summed E-state index contributed by atoms with van der Waals surface area (Å²) >= 11 is 2.26. The van der Waals surface area contributed by atoms with Crippen molar-refractivity contribution in [1.29, 1.82) is 0 Å². The molecule has 0 atom stereocenters. The predicted molar refractivity (Wildman–Crippen MR) is 77.6 cm³/mol. The molecule has 0 spiro atoms. The number of rotatable bonds is 3. The highest BCUT2D eigenvalue weighted by Gasteiger charge is 2.14. The Morgan fingerprint density at radius 3 is 2.78 bits per heavy atom. The molecule has 2 rings (SSSR count). The normalized spacial score (nSPS) is 10.4. The Kier molecular flexibility index (Phi) is 4.06. The first-order chi connectivity index (χ1) is 8.61. The fourth-order valence-electron chi connectivity index (χ4n) is 1.70. The Hall–Kier alpha value is -1.30. The first-order valence-electron chi connectivity index (χ1n) is 5.65. The quantitative estimate of drug-likeness (QED) is 0.616. The lowest BCUT2D eigenvalue weighted by Gasteiger charge is -2.03. The highest BCUT2D eigenvalue weighted by molar-refractivity contribution is 14.1. The Morgan fingerprint density at radius 1 is 1.33 bits per heavy atom. The Labute approximate surface area is 119 Å². The van der Waals surface area contributed by atoms with Crippen molar-refractivity contribution in [3.8, 4) is 11.3 Å². The molecule has 2 aromatic rings. The maximum Gasteiger partial charge on any atom is 0.374 e. The van der Waals surface area contributed by atoms with Gasteiger partial charge in [0.05, 0.1) is 6.61 Å². The smallest absolute Gasteiger partial charge is 0.374 e. The van der Waals surface area contributed by atoms with E-state index in [2.05, 4.69) is 28.7 Å². The van der Waals surface area contributed by atoms with Gasteiger partial charge in [-0.1, -0.05) is 0 Å². The highest BCUT2D eigenvalue weighted by Crippen LogP contribution is 2.27. The van der Waals surface area contributed by atoms with Crippen LogP contribution < -0.4 is 0 Å². The minimum Gasteiger partial charge on any atom is -0.460 e. The summed E-state index contributed by atoms with van der Waals surface area (Å²) in [7, 11) is 0. The summed E-state index contributed by atoms with van der Waals surface area (Å²) in [5, 5.41) is 0. The molecular formula is C14H13IO3. The van der Waals surface area contributed by atoms with Gasteiger partial charge in [-0.05, 0) is 72.3 Å². The molecule has 0 bridgehead atoms. The molecule has 3 nitrogen and oxygen atoms in total. The summed E-state index contributed by atoms with van der Waals surface area (Å²) in [6, 6.07) is 9.51. The number of hydrogen-bond donors (Lipinski definition) is 0. The number of esters is 1. The fourth-order valence-corrected chi connectivity index (χ4v) is 2.35. The zero-order valence-corrected chi connectivity index (χ0v) is 12.4. The molecule has 4 heteroatoms. The van der Waals surface area contributed by atoms with Crippen LogP contribution in [0.2, 0.25) is 0 Å². The van der Waals surface area contributed by atoms with Gasteiger partial charge >= 0.3 is 5.97 Å². The summed E-state index contributed by atoms with van der Waals surface area (Å²) in [6.45, 7) is 4.13. The van der Waals surface area contributed by atoms with Crippen LogP contribution in [0.25, 0.3) is 11.3 Å². The van der Waals surface area contributed by atoms with E-state index < -0.39 is 5.97 Å². The van der Waals surface area contributed by atoms with Crippen molar-refractivity contribution in [1.82, 2.24) is 0 Å². The molecule has 1 heterocycles. The lowest BCUT2D eigenvalue weighted by Crippen LogP contribution is -2.02. The average Bonchev–Trinajstić information content (AvgIpc) is 2.78. The largest absolute Gasteiger partial charge is 0.460 e. The average molecular weight is 356 g/mol. The first-order valence-corrected chi connectivity index (χ1v) is 6.73. The van der Waals surface area contributed by atoms with Crippen LogP contribution >= 0.6 is 22.6 Å². The van der Waals surface area contributed by atoms with E-state index in [4.69, 9.17) is 9.15 Å². The number of furan rings is 1. The molecular weight excluding hydrogens is 343 g/mol. The minimum atomic E-state index is -0.424. The lowest BCUT2D eigenvalue weighted by atomic mass is 10.1. The molecule has 0 radical (unpaired) electrons. The third-order valence-corrected chi connectivity index (χ3v) is 3.21. The van der Waals surface area contributed by atoms with Crippen molar-refractivity contribution >= 4 is 28.6 Å². The first kappa shape index (κ1) is 13.1. The zero-order chi connectivity index (χ0) is 13.1. The second-order valence-electron chi connectivity index (χ2n) is 3.84. The van der Waals surface area contributed by atoms with E-state index in [1.54, 1.807) is 19.1 Å². The van der Waals surface area contributed by atoms with E-state index in [1.165, 1.54) is 3.57 Å². The molecule has 0 N–H and O–H groups in total. The number of carbonyl (C=O) groups excluding carboxylic acids is 1. The molecule has 0 aliphatic heterocycles. The fraction of sp³-hybridized carbons (Fsp3) is 0.214. The van der Waals surface area contributed by atoms with Gasteiger partial charge in [0.15, 0.2) is 0 Å². The predicted octanol–water partition coefficient (Wildman–Crippen LogP) is 4.04. The van der Waals surface area contributed by atoms with Gasteiger partial charge in [0.2, 0.25) is 5.76 Å². The molecule has 94 valence electrons. The summed E-state index contributed by atoms with van der Waals surface area (Å²) in [5.74, 6) is 0.503. The molecule has 1 aromatic heterocycles. The van der Waals surface area contributed by atoms with Crippen molar-refractivity contribution < 1.29 is 13.9 Å². The summed E-state index contributed by atoms with van der Waals surface area (Å²) in [4.78, 5) is 11.5. The highest BCUT2D eigenvalue weighted by atomic mass is 127. The molecule has 18 heavy (non-hydrogen) atoms. The number of aryl methyl sites for hydroxylation is 1. The molecule has 0 fully saturated rings. The summed E-state index contributed by atoms with van der Waals surface area (Å²) in [5.41, 5.74) is 2.11. The molecule has 0 aliphatic carbocycles. The summed E-state index contributed by atoms with van der Waals surface area (Å²) < 4.78 is 11.6. The van der Waals surface area contributed by atoms with E-state index in [9.17, 15) is 4.79 Å². The van der Waals surface area contributed by atoms with E-state index in [0.29, 0.717) is 12.4 Å². The SMILES string of the molecule is CCOC(=O)c1ccc(-c2ccc(I)cc2C)o1. The third kappa shape index (κ3) is 2.75. The van der Waals surface area contributed by atoms with Gasteiger partial charge in [-0.25, -0.2) is 4.79 Å². The Morgan fingerprint density at radius 2 is 2.11 bits per heavy atom. The number of halogens is 1. The molecule has 0 saturated heterocycles. The maximum atomic E-state index is 11.5. The van der Waals surface area contributed by atoms with Crippen LogP contribution in [0.1, 0.15) is 23.0 Å². The standard InChI is InChI=1S/C14H13IO3/c1-3-17-14(16)13-7-6-12(18-13)11-5-4-10(15)8-9(11)2/h4-8H,3H2,1-2H3. The maximum absolute atomic E-state index is 11.5. The second-order valence-corrected chi connectivity index (χ2v) is 5.09. The van der Waals surface area contributed by atoms with Crippen molar-refractivity contribution in [3.05, 3.63) is 45.2 Å². The van der Waals surface area contributed by atoms with Crippen LogP contribution in [0.15, 0.2) is 34.7 Å². The number of ether oxygens (including phenoxy) is 1. The van der Waals surface area contributed by atoms with Gasteiger partial charge < -0.3 is 9.15 Å². The minimum absolute atomic E-state index is 0.241. The van der Waals surface area contributed by atoms with Gasteiger partial charge in [0.1, 0.15) is 5.76 Å². The number of carbonyl (C=O) groups is 1. The van der Waals surface area contributed by atoms with E-state index in [1.807, 2.05) is 19.1 Å². The van der Waals surface area contributed by atoms with Gasteiger partial charge in [0, 0.05) is 9.13 Å².